The molecule has 1 aromatic rings. The van der Waals surface area contributed by atoms with Gasteiger partial charge in [-0.1, -0.05) is 6.07 Å². The zero-order valence-electron chi connectivity index (χ0n) is 13.8. The van der Waals surface area contributed by atoms with Crippen LogP contribution in [0, 0.1) is 0 Å². The molecule has 0 spiro atoms. The van der Waals surface area contributed by atoms with Crippen molar-refractivity contribution >= 4 is 27.7 Å². The summed E-state index contributed by atoms with van der Waals surface area (Å²) in [7, 11) is -1.83. The number of sulfonamides is 1. The van der Waals surface area contributed by atoms with E-state index in [1.54, 1.807) is 18.0 Å². The molecule has 0 N–H and O–H groups in total. The van der Waals surface area contributed by atoms with Crippen molar-refractivity contribution in [3.05, 3.63) is 29.3 Å². The van der Waals surface area contributed by atoms with Crippen molar-refractivity contribution in [2.45, 2.75) is 49.1 Å². The summed E-state index contributed by atoms with van der Waals surface area (Å²) in [6.45, 7) is 0. The standard InChI is InChI=1S/C17H22N2O3S2/c1-18(14-6-7-14)17(20)16-10-23-11-19(16)24(21,22)15-8-5-12-3-2-4-13(12)9-15/h5,8-9,14,16H,2-4,6-7,10-11H2,1H3/t16-/m0/s1. The van der Waals surface area contributed by atoms with Gasteiger partial charge in [-0.3, -0.25) is 4.79 Å². The largest absolute Gasteiger partial charge is 0.341 e. The third kappa shape index (κ3) is 2.76. The second-order valence-corrected chi connectivity index (χ2v) is 9.76. The Labute approximate surface area is 147 Å². The molecule has 1 saturated carbocycles. The molecule has 0 unspecified atom stereocenters. The molecule has 24 heavy (non-hydrogen) atoms. The summed E-state index contributed by atoms with van der Waals surface area (Å²) in [4.78, 5) is 14.8. The van der Waals surface area contributed by atoms with Gasteiger partial charge >= 0.3 is 0 Å². The molecule has 4 rings (SSSR count). The first kappa shape index (κ1) is 16.4. The van der Waals surface area contributed by atoms with Crippen LogP contribution in [-0.4, -0.2) is 54.3 Å². The number of benzene rings is 1. The molecule has 1 aliphatic heterocycles. The van der Waals surface area contributed by atoms with Gasteiger partial charge in [0.05, 0.1) is 10.8 Å². The second-order valence-electron chi connectivity index (χ2n) is 6.87. The highest BCUT2D eigenvalue weighted by atomic mass is 32.2. The van der Waals surface area contributed by atoms with E-state index in [-0.39, 0.29) is 5.91 Å². The molecule has 2 fully saturated rings. The van der Waals surface area contributed by atoms with Gasteiger partial charge in [0.2, 0.25) is 15.9 Å². The number of fused-ring (bicyclic) bond motifs is 1. The molecular formula is C17H22N2O3S2. The number of likely N-dealkylation sites (N-methyl/N-ethyl adjacent to an activating group) is 1. The van der Waals surface area contributed by atoms with Crippen LogP contribution >= 0.6 is 11.8 Å². The van der Waals surface area contributed by atoms with E-state index in [0.717, 1.165) is 37.7 Å². The lowest BCUT2D eigenvalue weighted by atomic mass is 10.1. The molecule has 3 aliphatic rings. The molecule has 5 nitrogen and oxygen atoms in total. The average Bonchev–Trinajstić information content (AvgIpc) is 3.11. The Morgan fingerprint density at radius 3 is 2.75 bits per heavy atom. The predicted octanol–water partition coefficient (Wildman–Crippen LogP) is 1.86. The zero-order chi connectivity index (χ0) is 16.9. The van der Waals surface area contributed by atoms with Crippen LogP contribution in [0.15, 0.2) is 23.1 Å². The fourth-order valence-corrected chi connectivity index (χ4v) is 6.77. The van der Waals surface area contributed by atoms with Gasteiger partial charge < -0.3 is 4.90 Å². The maximum Gasteiger partial charge on any atom is 0.244 e. The fraction of sp³-hybridized carbons (Fsp3) is 0.588. The Hall–Kier alpha value is -1.05. The molecule has 130 valence electrons. The summed E-state index contributed by atoms with van der Waals surface area (Å²) < 4.78 is 27.6. The topological polar surface area (TPSA) is 57.7 Å². The molecule has 1 heterocycles. The van der Waals surface area contributed by atoms with Crippen LogP contribution < -0.4 is 0 Å². The Kier molecular flexibility index (Phi) is 4.13. The summed E-state index contributed by atoms with van der Waals surface area (Å²) in [6, 6.07) is 5.18. The van der Waals surface area contributed by atoms with Crippen LogP contribution in [0.2, 0.25) is 0 Å². The molecule has 1 saturated heterocycles. The van der Waals surface area contributed by atoms with Crippen molar-refractivity contribution in [1.29, 1.82) is 0 Å². The Bertz CT molecular complexity index is 774. The van der Waals surface area contributed by atoms with Crippen LogP contribution in [0.3, 0.4) is 0 Å². The Balaban J connectivity index is 1.61. The number of nitrogens with zero attached hydrogens (tertiary/aromatic N) is 2. The van der Waals surface area contributed by atoms with Crippen LogP contribution in [-0.2, 0) is 27.7 Å². The lowest BCUT2D eigenvalue weighted by molar-refractivity contribution is -0.133. The van der Waals surface area contributed by atoms with E-state index in [4.69, 9.17) is 0 Å². The molecule has 1 amide bonds. The van der Waals surface area contributed by atoms with Crippen molar-refractivity contribution in [1.82, 2.24) is 9.21 Å². The minimum atomic E-state index is -3.63. The molecule has 1 atom stereocenters. The number of carbonyl (C=O) groups excluding carboxylic acids is 1. The molecule has 2 aliphatic carbocycles. The maximum absolute atomic E-state index is 13.1. The van der Waals surface area contributed by atoms with Gasteiger partial charge in [-0.25, -0.2) is 8.42 Å². The minimum Gasteiger partial charge on any atom is -0.341 e. The van der Waals surface area contributed by atoms with Gasteiger partial charge in [-0.05, 0) is 55.4 Å². The lowest BCUT2D eigenvalue weighted by Crippen LogP contribution is -2.48. The van der Waals surface area contributed by atoms with Crippen molar-refractivity contribution in [3.63, 3.8) is 0 Å². The fourth-order valence-electron chi connectivity index (χ4n) is 3.58. The third-order valence-electron chi connectivity index (χ3n) is 5.25. The first-order valence-electron chi connectivity index (χ1n) is 8.46. The monoisotopic (exact) mass is 366 g/mol. The Morgan fingerprint density at radius 2 is 2.00 bits per heavy atom. The van der Waals surface area contributed by atoms with Crippen LogP contribution in [0.4, 0.5) is 0 Å². The molecular weight excluding hydrogens is 344 g/mol. The first-order chi connectivity index (χ1) is 11.5. The van der Waals surface area contributed by atoms with Crippen molar-refractivity contribution in [2.24, 2.45) is 0 Å². The normalized spacial score (nSPS) is 24.1. The number of hydrogen-bond donors (Lipinski definition) is 0. The molecule has 0 bridgehead atoms. The van der Waals surface area contributed by atoms with Crippen molar-refractivity contribution in [2.75, 3.05) is 18.7 Å². The highest BCUT2D eigenvalue weighted by Crippen LogP contribution is 2.33. The smallest absolute Gasteiger partial charge is 0.244 e. The van der Waals surface area contributed by atoms with Gasteiger partial charge in [0.25, 0.3) is 0 Å². The highest BCUT2D eigenvalue weighted by molar-refractivity contribution is 8.00. The number of thioether (sulfide) groups is 1. The number of hydrogen-bond acceptors (Lipinski definition) is 4. The summed E-state index contributed by atoms with van der Waals surface area (Å²) in [6.07, 6.45) is 5.12. The van der Waals surface area contributed by atoms with Gasteiger partial charge in [-0.2, -0.15) is 4.31 Å². The summed E-state index contributed by atoms with van der Waals surface area (Å²) >= 11 is 1.51. The molecule has 1 aromatic carbocycles. The lowest BCUT2D eigenvalue weighted by Gasteiger charge is -2.27. The van der Waals surface area contributed by atoms with Crippen molar-refractivity contribution < 1.29 is 13.2 Å². The minimum absolute atomic E-state index is 0.0627. The van der Waals surface area contributed by atoms with E-state index in [0.29, 0.717) is 22.6 Å². The van der Waals surface area contributed by atoms with E-state index in [9.17, 15) is 13.2 Å². The number of aryl methyl sites for hydroxylation is 2. The summed E-state index contributed by atoms with van der Waals surface area (Å²) in [5, 5.41) is 0. The molecule has 0 radical (unpaired) electrons. The van der Waals surface area contributed by atoms with Gasteiger partial charge in [0.15, 0.2) is 0 Å². The maximum atomic E-state index is 13.1. The molecule has 7 heteroatoms. The van der Waals surface area contributed by atoms with E-state index < -0.39 is 16.1 Å². The first-order valence-corrected chi connectivity index (χ1v) is 11.1. The van der Waals surface area contributed by atoms with Crippen LogP contribution in [0.1, 0.15) is 30.4 Å². The van der Waals surface area contributed by atoms with Gasteiger partial charge in [0.1, 0.15) is 6.04 Å². The number of amides is 1. The van der Waals surface area contributed by atoms with Crippen LogP contribution in [0.25, 0.3) is 0 Å². The quantitative estimate of drug-likeness (QED) is 0.816. The van der Waals surface area contributed by atoms with Gasteiger partial charge in [-0.15, -0.1) is 11.8 Å². The third-order valence-corrected chi connectivity index (χ3v) is 8.27. The summed E-state index contributed by atoms with van der Waals surface area (Å²) in [5.41, 5.74) is 2.40. The number of carbonyl (C=O) groups is 1. The highest BCUT2D eigenvalue weighted by Gasteiger charge is 2.43. The van der Waals surface area contributed by atoms with E-state index in [1.807, 2.05) is 12.1 Å². The summed E-state index contributed by atoms with van der Waals surface area (Å²) in [5.74, 6) is 0.834. The van der Waals surface area contributed by atoms with E-state index in [2.05, 4.69) is 0 Å². The van der Waals surface area contributed by atoms with Crippen molar-refractivity contribution in [3.8, 4) is 0 Å². The number of rotatable bonds is 4. The van der Waals surface area contributed by atoms with E-state index in [1.165, 1.54) is 21.6 Å². The average molecular weight is 367 g/mol. The predicted molar refractivity (Wildman–Crippen MR) is 94.4 cm³/mol. The second kappa shape index (κ2) is 6.04. The molecule has 0 aromatic heterocycles. The van der Waals surface area contributed by atoms with E-state index >= 15 is 0 Å². The SMILES string of the molecule is CN(C(=O)[C@@H]1CSCN1S(=O)(=O)c1ccc2c(c1)CCC2)C1CC1. The van der Waals surface area contributed by atoms with Crippen LogP contribution in [0.5, 0.6) is 0 Å². The Morgan fingerprint density at radius 1 is 1.25 bits per heavy atom. The van der Waals surface area contributed by atoms with Gasteiger partial charge in [0, 0.05) is 18.8 Å². The zero-order valence-corrected chi connectivity index (χ0v) is 15.4.